The van der Waals surface area contributed by atoms with Crippen LogP contribution in [-0.4, -0.2) is 22.2 Å². The molecule has 118 valence electrons. The molecule has 0 bridgehead atoms. The largest absolute Gasteiger partial charge is 0.350 e. The highest BCUT2D eigenvalue weighted by atomic mass is 32.1. The third kappa shape index (κ3) is 2.82. The fourth-order valence-corrected chi connectivity index (χ4v) is 4.09. The fourth-order valence-electron chi connectivity index (χ4n) is 3.17. The lowest BCUT2D eigenvalue weighted by Gasteiger charge is -2.11. The van der Waals surface area contributed by atoms with Crippen molar-refractivity contribution in [3.05, 3.63) is 38.3 Å². The molecule has 4 nitrogen and oxygen atoms in total. The van der Waals surface area contributed by atoms with E-state index in [0.29, 0.717) is 6.54 Å². The number of thiophene rings is 1. The smallest absolute Gasteiger partial charge is 0.269 e. The van der Waals surface area contributed by atoms with Crippen LogP contribution in [0.1, 0.15) is 50.6 Å². The Morgan fingerprint density at radius 2 is 2.14 bits per heavy atom. The molecule has 0 aliphatic heterocycles. The SMILES string of the molecule is Cc1scc(CCNC(=O)c2c3c(nn2C)CCCC3)c1C. The van der Waals surface area contributed by atoms with Crippen LogP contribution in [0.15, 0.2) is 5.38 Å². The van der Waals surface area contributed by atoms with E-state index >= 15 is 0 Å². The molecule has 0 fully saturated rings. The van der Waals surface area contributed by atoms with Gasteiger partial charge in [0.1, 0.15) is 5.69 Å². The summed E-state index contributed by atoms with van der Waals surface area (Å²) >= 11 is 1.78. The highest BCUT2D eigenvalue weighted by Gasteiger charge is 2.23. The number of hydrogen-bond donors (Lipinski definition) is 1. The highest BCUT2D eigenvalue weighted by Crippen LogP contribution is 2.24. The topological polar surface area (TPSA) is 46.9 Å². The lowest BCUT2D eigenvalue weighted by atomic mass is 9.95. The molecule has 1 aliphatic rings. The van der Waals surface area contributed by atoms with E-state index < -0.39 is 0 Å². The Morgan fingerprint density at radius 3 is 2.86 bits per heavy atom. The second-order valence-electron chi connectivity index (χ2n) is 6.05. The zero-order valence-corrected chi connectivity index (χ0v) is 14.3. The van der Waals surface area contributed by atoms with Gasteiger partial charge in [-0.2, -0.15) is 5.10 Å². The maximum Gasteiger partial charge on any atom is 0.269 e. The molecule has 0 atom stereocenters. The van der Waals surface area contributed by atoms with Crippen LogP contribution < -0.4 is 5.32 Å². The lowest BCUT2D eigenvalue weighted by Crippen LogP contribution is -2.28. The van der Waals surface area contributed by atoms with Gasteiger partial charge in [-0.05, 0) is 62.5 Å². The summed E-state index contributed by atoms with van der Waals surface area (Å²) in [5, 5.41) is 9.78. The molecule has 0 aromatic carbocycles. The second-order valence-corrected chi connectivity index (χ2v) is 7.14. The third-order valence-electron chi connectivity index (χ3n) is 4.60. The normalized spacial score (nSPS) is 14.0. The molecule has 1 aliphatic carbocycles. The van der Waals surface area contributed by atoms with Crippen molar-refractivity contribution in [2.24, 2.45) is 7.05 Å². The zero-order valence-electron chi connectivity index (χ0n) is 13.5. The Kier molecular flexibility index (Phi) is 4.34. The quantitative estimate of drug-likeness (QED) is 0.942. The van der Waals surface area contributed by atoms with Gasteiger partial charge in [0.25, 0.3) is 5.91 Å². The third-order valence-corrected chi connectivity index (χ3v) is 5.66. The summed E-state index contributed by atoms with van der Waals surface area (Å²) in [5.74, 6) is 0.0164. The van der Waals surface area contributed by atoms with Gasteiger partial charge < -0.3 is 5.32 Å². The summed E-state index contributed by atoms with van der Waals surface area (Å²) < 4.78 is 1.76. The Balaban J connectivity index is 1.65. The van der Waals surface area contributed by atoms with Crippen LogP contribution in [0.2, 0.25) is 0 Å². The zero-order chi connectivity index (χ0) is 15.7. The number of amides is 1. The number of aromatic nitrogens is 2. The van der Waals surface area contributed by atoms with Gasteiger partial charge in [-0.25, -0.2) is 0 Å². The van der Waals surface area contributed by atoms with Gasteiger partial charge >= 0.3 is 0 Å². The van der Waals surface area contributed by atoms with Crippen molar-refractivity contribution in [1.29, 1.82) is 0 Å². The summed E-state index contributed by atoms with van der Waals surface area (Å²) in [6, 6.07) is 0. The van der Waals surface area contributed by atoms with Crippen LogP contribution in [0.5, 0.6) is 0 Å². The number of hydrogen-bond acceptors (Lipinski definition) is 3. The molecule has 1 N–H and O–H groups in total. The number of carbonyl (C=O) groups excluding carboxylic acids is 1. The van der Waals surface area contributed by atoms with Crippen LogP contribution in [-0.2, 0) is 26.3 Å². The molecule has 2 aromatic heterocycles. The first-order valence-electron chi connectivity index (χ1n) is 7.94. The van der Waals surface area contributed by atoms with E-state index in [2.05, 4.69) is 29.6 Å². The van der Waals surface area contributed by atoms with Crippen molar-refractivity contribution < 1.29 is 4.79 Å². The van der Waals surface area contributed by atoms with E-state index in [9.17, 15) is 4.79 Å². The summed E-state index contributed by atoms with van der Waals surface area (Å²) in [7, 11) is 1.87. The van der Waals surface area contributed by atoms with Crippen LogP contribution in [0.4, 0.5) is 0 Å². The number of fused-ring (bicyclic) bond motifs is 1. The molecule has 0 spiro atoms. The van der Waals surface area contributed by atoms with Gasteiger partial charge in [0.05, 0.1) is 5.69 Å². The number of nitrogens with zero attached hydrogens (tertiary/aromatic N) is 2. The minimum absolute atomic E-state index is 0.0164. The Bertz CT molecular complexity index is 699. The molecule has 2 aromatic rings. The number of aryl methyl sites for hydroxylation is 3. The summed E-state index contributed by atoms with van der Waals surface area (Å²) in [6.45, 7) is 4.97. The van der Waals surface area contributed by atoms with Crippen molar-refractivity contribution >= 4 is 17.2 Å². The standard InChI is InChI=1S/C17H23N3OS/c1-11-12(2)22-10-13(11)8-9-18-17(21)16-14-6-4-5-7-15(14)19-20(16)3/h10H,4-9H2,1-3H3,(H,18,21). The van der Waals surface area contributed by atoms with Crippen molar-refractivity contribution in [1.82, 2.24) is 15.1 Å². The predicted octanol–water partition coefficient (Wildman–Crippen LogP) is 2.95. The number of nitrogens with one attached hydrogen (secondary N) is 1. The van der Waals surface area contributed by atoms with E-state index in [1.165, 1.54) is 22.4 Å². The molecular weight excluding hydrogens is 294 g/mol. The first-order chi connectivity index (χ1) is 10.6. The van der Waals surface area contributed by atoms with Crippen LogP contribution in [0.25, 0.3) is 0 Å². The predicted molar refractivity (Wildman–Crippen MR) is 89.7 cm³/mol. The molecule has 22 heavy (non-hydrogen) atoms. The maximum atomic E-state index is 12.5. The molecular formula is C17H23N3OS. The average molecular weight is 317 g/mol. The molecule has 0 saturated carbocycles. The fraction of sp³-hybridized carbons (Fsp3) is 0.529. The molecule has 1 amide bonds. The molecule has 5 heteroatoms. The minimum atomic E-state index is 0.0164. The monoisotopic (exact) mass is 317 g/mol. The van der Waals surface area contributed by atoms with Gasteiger partial charge in [0.15, 0.2) is 0 Å². The van der Waals surface area contributed by atoms with Gasteiger partial charge in [-0.3, -0.25) is 9.48 Å². The van der Waals surface area contributed by atoms with E-state index in [1.54, 1.807) is 16.0 Å². The van der Waals surface area contributed by atoms with E-state index in [1.807, 2.05) is 7.05 Å². The molecule has 3 rings (SSSR count). The first kappa shape index (κ1) is 15.3. The Labute approximate surface area is 135 Å². The molecule has 0 unspecified atom stereocenters. The maximum absolute atomic E-state index is 12.5. The van der Waals surface area contributed by atoms with Crippen molar-refractivity contribution in [3.63, 3.8) is 0 Å². The van der Waals surface area contributed by atoms with Gasteiger partial charge in [-0.1, -0.05) is 0 Å². The summed E-state index contributed by atoms with van der Waals surface area (Å²) in [6.07, 6.45) is 5.22. The Morgan fingerprint density at radius 1 is 1.36 bits per heavy atom. The van der Waals surface area contributed by atoms with E-state index in [-0.39, 0.29) is 5.91 Å². The van der Waals surface area contributed by atoms with Gasteiger partial charge in [0, 0.05) is 24.0 Å². The van der Waals surface area contributed by atoms with Gasteiger partial charge in [0.2, 0.25) is 0 Å². The molecule has 0 saturated heterocycles. The van der Waals surface area contributed by atoms with Gasteiger partial charge in [-0.15, -0.1) is 11.3 Å². The summed E-state index contributed by atoms with van der Waals surface area (Å²) in [4.78, 5) is 13.9. The van der Waals surface area contributed by atoms with Crippen LogP contribution in [0, 0.1) is 13.8 Å². The average Bonchev–Trinajstić information content (AvgIpc) is 3.00. The van der Waals surface area contributed by atoms with Crippen LogP contribution >= 0.6 is 11.3 Å². The van der Waals surface area contributed by atoms with E-state index in [4.69, 9.17) is 0 Å². The Hall–Kier alpha value is -1.62. The molecule has 0 radical (unpaired) electrons. The number of rotatable bonds is 4. The molecule has 2 heterocycles. The number of carbonyl (C=O) groups is 1. The summed E-state index contributed by atoms with van der Waals surface area (Å²) in [5.41, 5.74) is 5.73. The van der Waals surface area contributed by atoms with Crippen LogP contribution in [0.3, 0.4) is 0 Å². The lowest BCUT2D eigenvalue weighted by molar-refractivity contribution is 0.0943. The first-order valence-corrected chi connectivity index (χ1v) is 8.82. The van der Waals surface area contributed by atoms with E-state index in [0.717, 1.165) is 42.6 Å². The van der Waals surface area contributed by atoms with Crippen molar-refractivity contribution in [2.75, 3.05) is 6.54 Å². The van der Waals surface area contributed by atoms with Crippen molar-refractivity contribution in [3.8, 4) is 0 Å². The highest BCUT2D eigenvalue weighted by molar-refractivity contribution is 7.10. The van der Waals surface area contributed by atoms with Crippen molar-refractivity contribution in [2.45, 2.75) is 46.0 Å². The second kappa shape index (κ2) is 6.24. The minimum Gasteiger partial charge on any atom is -0.350 e.